The summed E-state index contributed by atoms with van der Waals surface area (Å²) in [5.41, 5.74) is 1.84. The highest BCUT2D eigenvalue weighted by Gasteiger charge is 2.33. The van der Waals surface area contributed by atoms with Crippen LogP contribution in [0.1, 0.15) is 11.6 Å². The smallest absolute Gasteiger partial charge is 0.238 e. The third-order valence-corrected chi connectivity index (χ3v) is 5.48. The number of benzene rings is 2. The number of amides is 1. The number of aromatic nitrogens is 3. The van der Waals surface area contributed by atoms with Crippen molar-refractivity contribution in [3.05, 3.63) is 79.1 Å². The number of thioether (sulfide) groups is 1. The molecule has 0 fully saturated rings. The summed E-state index contributed by atoms with van der Waals surface area (Å²) in [7, 11) is 0. The molecular weight excluding hydrogens is 372 g/mol. The highest BCUT2D eigenvalue weighted by Crippen LogP contribution is 2.39. The summed E-state index contributed by atoms with van der Waals surface area (Å²) >= 11 is 1.38. The van der Waals surface area contributed by atoms with Crippen molar-refractivity contribution in [3.63, 3.8) is 0 Å². The Morgan fingerprint density at radius 2 is 2.00 bits per heavy atom. The van der Waals surface area contributed by atoms with Crippen LogP contribution in [-0.2, 0) is 11.3 Å². The quantitative estimate of drug-likeness (QED) is 0.473. The van der Waals surface area contributed by atoms with Gasteiger partial charge in [-0.15, -0.1) is 16.8 Å². The summed E-state index contributed by atoms with van der Waals surface area (Å²) in [5.74, 6) is 0.985. The molecule has 1 amide bonds. The maximum atomic E-state index is 13.3. The van der Waals surface area contributed by atoms with Crippen LogP contribution in [0.5, 0.6) is 5.75 Å². The molecule has 1 aliphatic rings. The molecule has 1 aromatic heterocycles. The summed E-state index contributed by atoms with van der Waals surface area (Å²) in [5, 5.41) is 8.74. The van der Waals surface area contributed by atoms with Gasteiger partial charge in [0.05, 0.1) is 17.5 Å². The molecule has 1 aliphatic heterocycles. The zero-order valence-electron chi connectivity index (χ0n) is 15.3. The molecule has 7 heteroatoms. The van der Waals surface area contributed by atoms with Crippen molar-refractivity contribution in [2.75, 3.05) is 17.3 Å². The van der Waals surface area contributed by atoms with Crippen molar-refractivity contribution in [1.82, 2.24) is 14.8 Å². The number of hydrogen-bond acceptors (Lipinski definition) is 5. The number of carbonyl (C=O) groups excluding carboxylic acids is 1. The van der Waals surface area contributed by atoms with Crippen molar-refractivity contribution >= 4 is 23.4 Å². The van der Waals surface area contributed by atoms with Crippen LogP contribution in [-0.4, -0.2) is 33.0 Å². The van der Waals surface area contributed by atoms with E-state index >= 15 is 0 Å². The second-order valence-electron chi connectivity index (χ2n) is 6.31. The molecule has 0 spiro atoms. The van der Waals surface area contributed by atoms with Gasteiger partial charge in [0.25, 0.3) is 0 Å². The average Bonchev–Trinajstić information content (AvgIpc) is 3.19. The summed E-state index contributed by atoms with van der Waals surface area (Å²) in [6.45, 7) is 4.77. The lowest BCUT2D eigenvalue weighted by Crippen LogP contribution is -2.42. The van der Waals surface area contributed by atoms with Crippen LogP contribution in [0.25, 0.3) is 0 Å². The molecular formula is C21H20N4O2S. The topological polar surface area (TPSA) is 60.2 Å². The maximum absolute atomic E-state index is 13.3. The Morgan fingerprint density at radius 1 is 1.21 bits per heavy atom. The van der Waals surface area contributed by atoms with Crippen molar-refractivity contribution < 1.29 is 9.53 Å². The first kappa shape index (κ1) is 18.3. The maximum Gasteiger partial charge on any atom is 0.238 e. The first-order valence-electron chi connectivity index (χ1n) is 8.98. The zero-order valence-corrected chi connectivity index (χ0v) is 16.1. The second kappa shape index (κ2) is 8.31. The zero-order chi connectivity index (χ0) is 19.3. The predicted molar refractivity (Wildman–Crippen MR) is 110 cm³/mol. The van der Waals surface area contributed by atoms with Gasteiger partial charge in [-0.2, -0.15) is 0 Å². The Bertz CT molecular complexity index is 973. The van der Waals surface area contributed by atoms with E-state index < -0.39 is 0 Å². The molecule has 2 heterocycles. The van der Waals surface area contributed by atoms with E-state index in [4.69, 9.17) is 4.74 Å². The molecule has 2 aromatic carbocycles. The van der Waals surface area contributed by atoms with Crippen LogP contribution in [0, 0.1) is 0 Å². The third kappa shape index (κ3) is 3.66. The van der Waals surface area contributed by atoms with Crippen LogP contribution in [0.3, 0.4) is 0 Å². The molecule has 0 saturated carbocycles. The minimum Gasteiger partial charge on any atom is -0.489 e. The second-order valence-corrected chi connectivity index (χ2v) is 7.25. The minimum absolute atomic E-state index is 0.00255. The summed E-state index contributed by atoms with van der Waals surface area (Å²) in [4.78, 5) is 15.1. The van der Waals surface area contributed by atoms with Crippen LogP contribution < -0.4 is 9.64 Å². The van der Waals surface area contributed by atoms with Gasteiger partial charge in [-0.05, 0) is 17.7 Å². The van der Waals surface area contributed by atoms with Gasteiger partial charge < -0.3 is 9.30 Å². The van der Waals surface area contributed by atoms with E-state index in [1.807, 2.05) is 64.1 Å². The van der Waals surface area contributed by atoms with Gasteiger partial charge in [0.1, 0.15) is 18.7 Å². The van der Waals surface area contributed by atoms with Crippen molar-refractivity contribution in [3.8, 4) is 5.75 Å². The number of hydrogen-bond donors (Lipinski definition) is 0. The van der Waals surface area contributed by atoms with Gasteiger partial charge in [-0.3, -0.25) is 9.69 Å². The Kier molecular flexibility index (Phi) is 5.43. The largest absolute Gasteiger partial charge is 0.489 e. The van der Waals surface area contributed by atoms with E-state index in [0.29, 0.717) is 18.3 Å². The number of rotatable bonds is 6. The molecule has 28 heavy (non-hydrogen) atoms. The molecule has 0 bridgehead atoms. The molecule has 6 nitrogen and oxygen atoms in total. The highest BCUT2D eigenvalue weighted by atomic mass is 32.2. The Labute approximate surface area is 167 Å². The van der Waals surface area contributed by atoms with Crippen LogP contribution in [0.4, 0.5) is 5.69 Å². The molecule has 4 rings (SSSR count). The lowest BCUT2D eigenvalue weighted by molar-refractivity contribution is -0.117. The summed E-state index contributed by atoms with van der Waals surface area (Å²) < 4.78 is 7.80. The lowest BCUT2D eigenvalue weighted by Gasteiger charge is -2.37. The van der Waals surface area contributed by atoms with Crippen LogP contribution in [0.15, 0.2) is 78.7 Å². The van der Waals surface area contributed by atoms with E-state index in [2.05, 4.69) is 16.8 Å². The minimum atomic E-state index is -0.171. The van der Waals surface area contributed by atoms with E-state index in [1.54, 1.807) is 12.4 Å². The first-order chi connectivity index (χ1) is 13.8. The van der Waals surface area contributed by atoms with Crippen molar-refractivity contribution in [2.24, 2.45) is 0 Å². The van der Waals surface area contributed by atoms with Gasteiger partial charge >= 0.3 is 0 Å². The van der Waals surface area contributed by atoms with Gasteiger partial charge in [-0.1, -0.05) is 60.3 Å². The number of carbonyl (C=O) groups is 1. The summed E-state index contributed by atoms with van der Waals surface area (Å²) in [6, 6.07) is 17.5. The fourth-order valence-corrected chi connectivity index (χ4v) is 4.02. The number of fused-ring (bicyclic) bond motifs is 1. The Morgan fingerprint density at radius 3 is 2.82 bits per heavy atom. The monoisotopic (exact) mass is 392 g/mol. The van der Waals surface area contributed by atoms with E-state index in [9.17, 15) is 4.79 Å². The van der Waals surface area contributed by atoms with E-state index in [-0.39, 0.29) is 17.7 Å². The fourth-order valence-electron chi connectivity index (χ4n) is 3.23. The SMILES string of the molecule is C=CCn1cnnc1SCC(=O)N1c2ccccc2OCC1c1ccccc1. The molecule has 1 atom stereocenters. The predicted octanol–water partition coefficient (Wildman–Crippen LogP) is 3.72. The van der Waals surface area contributed by atoms with Gasteiger partial charge in [0.2, 0.25) is 5.91 Å². The van der Waals surface area contributed by atoms with Crippen molar-refractivity contribution in [2.45, 2.75) is 17.7 Å². The molecule has 0 saturated heterocycles. The average molecular weight is 392 g/mol. The molecule has 142 valence electrons. The van der Waals surface area contributed by atoms with Gasteiger partial charge in [0.15, 0.2) is 5.16 Å². The number of nitrogens with zero attached hydrogens (tertiary/aromatic N) is 4. The number of allylic oxidation sites excluding steroid dienone is 1. The molecule has 0 aliphatic carbocycles. The van der Waals surface area contributed by atoms with Crippen LogP contribution >= 0.6 is 11.8 Å². The normalized spacial score (nSPS) is 15.6. The number of para-hydroxylation sites is 2. The molecule has 1 unspecified atom stereocenters. The molecule has 0 N–H and O–H groups in total. The molecule has 3 aromatic rings. The van der Waals surface area contributed by atoms with Gasteiger partial charge in [-0.25, -0.2) is 0 Å². The van der Waals surface area contributed by atoms with E-state index in [1.165, 1.54) is 11.8 Å². The fraction of sp³-hybridized carbons (Fsp3) is 0.190. The lowest BCUT2D eigenvalue weighted by atomic mass is 10.0. The number of ether oxygens (including phenoxy) is 1. The molecule has 0 radical (unpaired) electrons. The Balaban J connectivity index is 1.60. The third-order valence-electron chi connectivity index (χ3n) is 4.52. The summed E-state index contributed by atoms with van der Waals surface area (Å²) in [6.07, 6.45) is 3.42. The van der Waals surface area contributed by atoms with Crippen LogP contribution in [0.2, 0.25) is 0 Å². The van der Waals surface area contributed by atoms with Crippen molar-refractivity contribution in [1.29, 1.82) is 0 Å². The van der Waals surface area contributed by atoms with Gasteiger partial charge in [0, 0.05) is 6.54 Å². The Hall–Kier alpha value is -3.06. The highest BCUT2D eigenvalue weighted by molar-refractivity contribution is 7.99. The standard InChI is InChI=1S/C21H20N4O2S/c1-2-12-24-15-22-23-21(24)28-14-20(26)25-17-10-6-7-11-19(17)27-13-18(25)16-8-4-3-5-9-16/h2-11,15,18H,1,12-14H2. The number of anilines is 1. The van der Waals surface area contributed by atoms with E-state index in [0.717, 1.165) is 17.0 Å². The first-order valence-corrected chi connectivity index (χ1v) is 9.97.